The molecule has 0 radical (unpaired) electrons. The number of thioether (sulfide) groups is 1. The van der Waals surface area contributed by atoms with E-state index in [0.29, 0.717) is 5.08 Å². The number of hydrogen-bond acceptors (Lipinski definition) is 2. The van der Waals surface area contributed by atoms with Crippen LogP contribution >= 0.6 is 11.8 Å². The second-order valence-electron chi connectivity index (χ2n) is 4.23. The molecule has 0 N–H and O–H groups in total. The van der Waals surface area contributed by atoms with Gasteiger partial charge in [0.25, 0.3) is 0 Å². The first-order chi connectivity index (χ1) is 8.65. The quantitative estimate of drug-likeness (QED) is 0.780. The minimum Gasteiger partial charge on any atom is -0.253 e. The summed E-state index contributed by atoms with van der Waals surface area (Å²) >= 11 is 1.64. The van der Waals surface area contributed by atoms with E-state index in [1.54, 1.807) is 11.8 Å². The highest BCUT2D eigenvalue weighted by Gasteiger charge is 2.04. The van der Waals surface area contributed by atoms with E-state index in [1.807, 2.05) is 31.2 Å². The van der Waals surface area contributed by atoms with E-state index in [4.69, 9.17) is 0 Å². The topological polar surface area (TPSA) is 17.1 Å². The minimum absolute atomic E-state index is 0.603. The molecule has 0 spiro atoms. The Morgan fingerprint density at radius 3 is 1.94 bits per heavy atom. The highest BCUT2D eigenvalue weighted by atomic mass is 32.2. The third-order valence-electron chi connectivity index (χ3n) is 2.64. The number of aryl methyl sites for hydroxylation is 2. The Morgan fingerprint density at radius 1 is 0.889 bits per heavy atom. The predicted octanol–water partition coefficient (Wildman–Crippen LogP) is 4.16. The molecule has 2 aromatic carbocycles. The van der Waals surface area contributed by atoms with E-state index in [0.717, 1.165) is 4.90 Å². The van der Waals surface area contributed by atoms with Crippen LogP contribution in [0.3, 0.4) is 0 Å². The van der Waals surface area contributed by atoms with Crippen molar-refractivity contribution in [2.24, 2.45) is 0 Å². The van der Waals surface area contributed by atoms with E-state index in [-0.39, 0.29) is 0 Å². The predicted molar refractivity (Wildman–Crippen MR) is 79.5 cm³/mol. The zero-order valence-corrected chi connectivity index (χ0v) is 12.2. The van der Waals surface area contributed by atoms with Crippen molar-refractivity contribution in [3.8, 4) is 0 Å². The lowest BCUT2D eigenvalue weighted by Gasteiger charge is -2.03. The Kier molecular flexibility index (Phi) is 4.61. The van der Waals surface area contributed by atoms with E-state index < -0.39 is 10.8 Å². The fourth-order valence-electron chi connectivity index (χ4n) is 1.51. The van der Waals surface area contributed by atoms with Gasteiger partial charge in [0.05, 0.1) is 15.9 Å². The largest absolute Gasteiger partial charge is 0.253 e. The molecule has 1 nitrogen and oxygen atoms in total. The Hall–Kier alpha value is -1.06. The summed E-state index contributed by atoms with van der Waals surface area (Å²) in [6.45, 7) is 4.10. The van der Waals surface area contributed by atoms with Crippen LogP contribution < -0.4 is 0 Å². The average Bonchev–Trinajstić information content (AvgIpc) is 2.38. The third-order valence-corrected chi connectivity index (χ3v) is 5.37. The zero-order chi connectivity index (χ0) is 13.0. The van der Waals surface area contributed by atoms with Gasteiger partial charge in [-0.1, -0.05) is 35.4 Å². The molecule has 94 valence electrons. The first-order valence-corrected chi connectivity index (χ1v) is 8.10. The third kappa shape index (κ3) is 3.72. The highest BCUT2D eigenvalue weighted by molar-refractivity contribution is 8.10. The molecule has 0 aliphatic rings. The summed E-state index contributed by atoms with van der Waals surface area (Å²) in [5.74, 6) is 0. The molecule has 0 heterocycles. The molecule has 0 saturated heterocycles. The van der Waals surface area contributed by atoms with Gasteiger partial charge in [0.1, 0.15) is 0 Å². The van der Waals surface area contributed by atoms with Crippen LogP contribution in [-0.2, 0) is 10.8 Å². The molecule has 0 saturated carbocycles. The summed E-state index contributed by atoms with van der Waals surface area (Å²) in [5, 5.41) is 0.603. The molecule has 0 aliphatic carbocycles. The average molecular weight is 276 g/mol. The first-order valence-electron chi connectivity index (χ1n) is 5.79. The van der Waals surface area contributed by atoms with Gasteiger partial charge in [-0.15, -0.1) is 11.8 Å². The molecule has 0 unspecified atom stereocenters. The van der Waals surface area contributed by atoms with Crippen molar-refractivity contribution in [1.82, 2.24) is 0 Å². The molecule has 2 aromatic rings. The smallest absolute Gasteiger partial charge is 0.0786 e. The van der Waals surface area contributed by atoms with Gasteiger partial charge in [0.2, 0.25) is 0 Å². The van der Waals surface area contributed by atoms with Crippen LogP contribution in [0.2, 0.25) is 0 Å². The monoisotopic (exact) mass is 276 g/mol. The SMILES string of the molecule is Cc1ccc(SC[S@@](=O)c2ccc(C)cc2)cc1. The molecule has 0 amide bonds. The van der Waals surface area contributed by atoms with Crippen molar-refractivity contribution in [2.45, 2.75) is 23.6 Å². The molecule has 1 atom stereocenters. The lowest BCUT2D eigenvalue weighted by atomic mass is 10.2. The summed E-state index contributed by atoms with van der Waals surface area (Å²) in [6.07, 6.45) is 0. The minimum atomic E-state index is -0.935. The summed E-state index contributed by atoms with van der Waals surface area (Å²) in [6, 6.07) is 16.2. The number of rotatable bonds is 4. The Balaban J connectivity index is 1.96. The van der Waals surface area contributed by atoms with Crippen LogP contribution in [0.5, 0.6) is 0 Å². The highest BCUT2D eigenvalue weighted by Crippen LogP contribution is 2.21. The molecule has 0 aromatic heterocycles. The summed E-state index contributed by atoms with van der Waals surface area (Å²) < 4.78 is 12.1. The van der Waals surface area contributed by atoms with Gasteiger partial charge in [-0.2, -0.15) is 0 Å². The summed E-state index contributed by atoms with van der Waals surface area (Å²) in [5.41, 5.74) is 2.45. The normalized spacial score (nSPS) is 12.3. The maximum absolute atomic E-state index is 12.1. The van der Waals surface area contributed by atoms with Gasteiger partial charge in [-0.3, -0.25) is 4.21 Å². The maximum Gasteiger partial charge on any atom is 0.0786 e. The van der Waals surface area contributed by atoms with Gasteiger partial charge in [-0.05, 0) is 38.1 Å². The maximum atomic E-state index is 12.1. The molecule has 0 aliphatic heterocycles. The lowest BCUT2D eigenvalue weighted by Crippen LogP contribution is -1.94. The number of benzene rings is 2. The second kappa shape index (κ2) is 6.21. The van der Waals surface area contributed by atoms with Crippen molar-refractivity contribution < 1.29 is 4.21 Å². The fraction of sp³-hybridized carbons (Fsp3) is 0.200. The van der Waals surface area contributed by atoms with E-state index >= 15 is 0 Å². The molecule has 18 heavy (non-hydrogen) atoms. The molecular weight excluding hydrogens is 260 g/mol. The van der Waals surface area contributed by atoms with E-state index in [2.05, 4.69) is 31.2 Å². The zero-order valence-electron chi connectivity index (χ0n) is 10.6. The van der Waals surface area contributed by atoms with Gasteiger partial charge < -0.3 is 0 Å². The van der Waals surface area contributed by atoms with Crippen molar-refractivity contribution in [3.63, 3.8) is 0 Å². The van der Waals surface area contributed by atoms with Crippen molar-refractivity contribution in [1.29, 1.82) is 0 Å². The van der Waals surface area contributed by atoms with Gasteiger partial charge in [0, 0.05) is 9.79 Å². The van der Waals surface area contributed by atoms with Crippen molar-refractivity contribution in [2.75, 3.05) is 5.08 Å². The van der Waals surface area contributed by atoms with Gasteiger partial charge >= 0.3 is 0 Å². The molecule has 3 heteroatoms. The second-order valence-corrected chi connectivity index (χ2v) is 7.10. The number of hydrogen-bond donors (Lipinski definition) is 0. The van der Waals surface area contributed by atoms with Crippen LogP contribution in [-0.4, -0.2) is 9.29 Å². The Morgan fingerprint density at radius 2 is 1.39 bits per heavy atom. The summed E-state index contributed by atoms with van der Waals surface area (Å²) in [4.78, 5) is 2.07. The Labute approximate surface area is 115 Å². The van der Waals surface area contributed by atoms with Crippen LogP contribution in [0, 0.1) is 13.8 Å². The van der Waals surface area contributed by atoms with E-state index in [9.17, 15) is 4.21 Å². The molecule has 0 fully saturated rings. The molecule has 2 rings (SSSR count). The Bertz CT molecular complexity index is 529. The van der Waals surface area contributed by atoms with Crippen molar-refractivity contribution >= 4 is 22.6 Å². The molecule has 0 bridgehead atoms. The van der Waals surface area contributed by atoms with Crippen molar-refractivity contribution in [3.05, 3.63) is 59.7 Å². The van der Waals surface area contributed by atoms with E-state index in [1.165, 1.54) is 16.0 Å². The van der Waals surface area contributed by atoms with Gasteiger partial charge in [-0.25, -0.2) is 0 Å². The van der Waals surface area contributed by atoms with Crippen LogP contribution in [0.1, 0.15) is 11.1 Å². The fourth-order valence-corrected chi connectivity index (χ4v) is 3.80. The van der Waals surface area contributed by atoms with Crippen LogP contribution in [0.25, 0.3) is 0 Å². The summed E-state index contributed by atoms with van der Waals surface area (Å²) in [7, 11) is -0.935. The standard InChI is InChI=1S/C15H16OS2/c1-12-3-7-14(8-4-12)17-11-18(16)15-9-5-13(2)6-10-15/h3-10H,11H2,1-2H3/t18-/m1/s1. The lowest BCUT2D eigenvalue weighted by molar-refractivity contribution is 0.686. The van der Waals surface area contributed by atoms with Crippen LogP contribution in [0.15, 0.2) is 58.3 Å². The first kappa shape index (κ1) is 13.4. The van der Waals surface area contributed by atoms with Gasteiger partial charge in [0.15, 0.2) is 0 Å². The van der Waals surface area contributed by atoms with Crippen LogP contribution in [0.4, 0.5) is 0 Å². The molecular formula is C15H16OS2.